The second kappa shape index (κ2) is 9.95. The summed E-state index contributed by atoms with van der Waals surface area (Å²) in [5.74, 6) is 5.14. The van der Waals surface area contributed by atoms with Gasteiger partial charge in [-0.05, 0) is 25.5 Å². The predicted molar refractivity (Wildman–Crippen MR) is 83.9 cm³/mol. The van der Waals surface area contributed by atoms with Crippen molar-refractivity contribution in [2.75, 3.05) is 6.61 Å². The third-order valence-electron chi connectivity index (χ3n) is 3.18. The summed E-state index contributed by atoms with van der Waals surface area (Å²) in [5.41, 5.74) is 1.08. The normalized spacial score (nSPS) is 11.4. The average molecular weight is 288 g/mol. The quantitative estimate of drug-likeness (QED) is 0.598. The standard InChI is InChI=1S/C17H24N2O2/c1-3-4-5-6-8-14(2)19-17(21)16-11-10-15(13-18-16)9-7-12-20/h10-11,13-14,20H,3-6,8,12H2,1-2H3,(H,19,21). The Kier molecular flexibility index (Phi) is 8.15. The molecule has 21 heavy (non-hydrogen) atoms. The van der Waals surface area contributed by atoms with E-state index in [2.05, 4.69) is 29.1 Å². The summed E-state index contributed by atoms with van der Waals surface area (Å²) in [5, 5.41) is 11.6. The molecule has 4 heteroatoms. The molecule has 1 unspecified atom stereocenters. The van der Waals surface area contributed by atoms with Crippen molar-refractivity contribution in [3.63, 3.8) is 0 Å². The second-order valence-electron chi connectivity index (χ2n) is 5.12. The molecule has 0 fully saturated rings. The zero-order chi connectivity index (χ0) is 15.5. The zero-order valence-corrected chi connectivity index (χ0v) is 12.9. The number of carbonyl (C=O) groups excluding carboxylic acids is 1. The van der Waals surface area contributed by atoms with E-state index < -0.39 is 0 Å². The Balaban J connectivity index is 2.44. The average Bonchev–Trinajstić information content (AvgIpc) is 2.50. The summed E-state index contributed by atoms with van der Waals surface area (Å²) in [4.78, 5) is 16.1. The topological polar surface area (TPSA) is 62.2 Å². The number of amides is 1. The smallest absolute Gasteiger partial charge is 0.270 e. The number of nitrogens with one attached hydrogen (secondary N) is 1. The van der Waals surface area contributed by atoms with E-state index in [1.165, 1.54) is 19.3 Å². The minimum atomic E-state index is -0.183. The molecule has 0 radical (unpaired) electrons. The number of pyridine rings is 1. The molecular formula is C17H24N2O2. The van der Waals surface area contributed by atoms with Gasteiger partial charge in [-0.3, -0.25) is 4.79 Å². The zero-order valence-electron chi connectivity index (χ0n) is 12.9. The highest BCUT2D eigenvalue weighted by Gasteiger charge is 2.10. The highest BCUT2D eigenvalue weighted by atomic mass is 16.2. The first kappa shape index (κ1) is 17.2. The maximum atomic E-state index is 12.0. The van der Waals surface area contributed by atoms with E-state index in [4.69, 9.17) is 5.11 Å². The number of aliphatic hydroxyl groups is 1. The van der Waals surface area contributed by atoms with Crippen LogP contribution in [0.5, 0.6) is 0 Å². The van der Waals surface area contributed by atoms with Crippen molar-refractivity contribution in [2.45, 2.75) is 52.0 Å². The van der Waals surface area contributed by atoms with Crippen LogP contribution in [0.3, 0.4) is 0 Å². The SMILES string of the molecule is CCCCCCC(C)NC(=O)c1ccc(C#CCO)cn1. The van der Waals surface area contributed by atoms with Crippen molar-refractivity contribution in [1.29, 1.82) is 0 Å². The van der Waals surface area contributed by atoms with Crippen LogP contribution in [0.4, 0.5) is 0 Å². The molecule has 2 N–H and O–H groups in total. The van der Waals surface area contributed by atoms with E-state index in [0.717, 1.165) is 12.8 Å². The first-order chi connectivity index (χ1) is 10.2. The van der Waals surface area contributed by atoms with Gasteiger partial charge in [-0.2, -0.15) is 0 Å². The van der Waals surface area contributed by atoms with Gasteiger partial charge in [-0.25, -0.2) is 4.98 Å². The summed E-state index contributed by atoms with van der Waals surface area (Å²) < 4.78 is 0. The predicted octanol–water partition coefficient (Wildman–Crippen LogP) is 2.51. The van der Waals surface area contributed by atoms with Crippen LogP contribution >= 0.6 is 0 Å². The van der Waals surface area contributed by atoms with Gasteiger partial charge in [-0.15, -0.1) is 0 Å². The summed E-state index contributed by atoms with van der Waals surface area (Å²) in [6.45, 7) is 4.02. The Bertz CT molecular complexity index is 486. The number of aliphatic hydroxyl groups excluding tert-OH is 1. The van der Waals surface area contributed by atoms with Crippen LogP contribution < -0.4 is 5.32 Å². The minimum Gasteiger partial charge on any atom is -0.384 e. The molecule has 0 spiro atoms. The lowest BCUT2D eigenvalue weighted by molar-refractivity contribution is 0.0933. The molecule has 1 amide bonds. The third kappa shape index (κ3) is 6.92. The molecule has 0 bridgehead atoms. The third-order valence-corrected chi connectivity index (χ3v) is 3.18. The fourth-order valence-corrected chi connectivity index (χ4v) is 1.99. The van der Waals surface area contributed by atoms with E-state index in [1.807, 2.05) is 6.92 Å². The second-order valence-corrected chi connectivity index (χ2v) is 5.12. The number of hydrogen-bond donors (Lipinski definition) is 2. The molecule has 0 saturated carbocycles. The van der Waals surface area contributed by atoms with Crippen LogP contribution in [0.25, 0.3) is 0 Å². The van der Waals surface area contributed by atoms with Crippen molar-refractivity contribution in [1.82, 2.24) is 10.3 Å². The Labute approximate surface area is 127 Å². The van der Waals surface area contributed by atoms with Gasteiger partial charge in [0, 0.05) is 17.8 Å². The summed E-state index contributed by atoms with van der Waals surface area (Å²) >= 11 is 0. The van der Waals surface area contributed by atoms with Gasteiger partial charge in [-0.1, -0.05) is 44.4 Å². The van der Waals surface area contributed by atoms with E-state index in [9.17, 15) is 4.79 Å². The molecular weight excluding hydrogens is 264 g/mol. The summed E-state index contributed by atoms with van der Waals surface area (Å²) in [6.07, 6.45) is 7.36. The van der Waals surface area contributed by atoms with Crippen LogP contribution in [0, 0.1) is 11.8 Å². The molecule has 0 aliphatic carbocycles. The van der Waals surface area contributed by atoms with Crippen LogP contribution in [0.15, 0.2) is 18.3 Å². The molecule has 114 valence electrons. The summed E-state index contributed by atoms with van der Waals surface area (Å²) in [6, 6.07) is 3.54. The minimum absolute atomic E-state index is 0.153. The molecule has 1 rings (SSSR count). The lowest BCUT2D eigenvalue weighted by Gasteiger charge is -2.13. The van der Waals surface area contributed by atoms with Gasteiger partial charge in [0.05, 0.1) is 0 Å². The molecule has 4 nitrogen and oxygen atoms in total. The Morgan fingerprint density at radius 2 is 2.19 bits per heavy atom. The summed E-state index contributed by atoms with van der Waals surface area (Å²) in [7, 11) is 0. The van der Waals surface area contributed by atoms with E-state index in [1.54, 1.807) is 18.3 Å². The fraction of sp³-hybridized carbons (Fsp3) is 0.529. The number of nitrogens with zero attached hydrogens (tertiary/aromatic N) is 1. The molecule has 1 atom stereocenters. The van der Waals surface area contributed by atoms with E-state index in [0.29, 0.717) is 11.3 Å². The van der Waals surface area contributed by atoms with E-state index >= 15 is 0 Å². The van der Waals surface area contributed by atoms with Crippen molar-refractivity contribution in [3.8, 4) is 11.8 Å². The van der Waals surface area contributed by atoms with Gasteiger partial charge in [0.15, 0.2) is 0 Å². The maximum absolute atomic E-state index is 12.0. The van der Waals surface area contributed by atoms with Crippen LogP contribution in [0.1, 0.15) is 62.0 Å². The van der Waals surface area contributed by atoms with Gasteiger partial charge in [0.25, 0.3) is 5.91 Å². The van der Waals surface area contributed by atoms with Crippen molar-refractivity contribution in [2.24, 2.45) is 0 Å². The maximum Gasteiger partial charge on any atom is 0.270 e. The highest BCUT2D eigenvalue weighted by Crippen LogP contribution is 2.06. The Hall–Kier alpha value is -1.86. The molecule has 0 aliphatic rings. The van der Waals surface area contributed by atoms with Gasteiger partial charge in [0.1, 0.15) is 12.3 Å². The van der Waals surface area contributed by atoms with Crippen molar-refractivity contribution < 1.29 is 9.90 Å². The first-order valence-electron chi connectivity index (χ1n) is 7.54. The Morgan fingerprint density at radius 1 is 1.38 bits per heavy atom. The van der Waals surface area contributed by atoms with Gasteiger partial charge >= 0.3 is 0 Å². The van der Waals surface area contributed by atoms with Crippen LogP contribution in [-0.2, 0) is 0 Å². The fourth-order valence-electron chi connectivity index (χ4n) is 1.99. The first-order valence-corrected chi connectivity index (χ1v) is 7.54. The molecule has 0 aliphatic heterocycles. The number of hydrogen-bond acceptors (Lipinski definition) is 3. The monoisotopic (exact) mass is 288 g/mol. The highest BCUT2D eigenvalue weighted by molar-refractivity contribution is 5.92. The van der Waals surface area contributed by atoms with E-state index in [-0.39, 0.29) is 18.6 Å². The van der Waals surface area contributed by atoms with Crippen LogP contribution in [-0.4, -0.2) is 28.6 Å². The molecule has 1 aromatic heterocycles. The number of unbranched alkanes of at least 4 members (excludes halogenated alkanes) is 3. The van der Waals surface area contributed by atoms with Crippen LogP contribution in [0.2, 0.25) is 0 Å². The lowest BCUT2D eigenvalue weighted by Crippen LogP contribution is -2.33. The molecule has 0 saturated heterocycles. The lowest BCUT2D eigenvalue weighted by atomic mass is 10.1. The largest absolute Gasteiger partial charge is 0.384 e. The number of aromatic nitrogens is 1. The van der Waals surface area contributed by atoms with Gasteiger partial charge < -0.3 is 10.4 Å². The van der Waals surface area contributed by atoms with Crippen molar-refractivity contribution in [3.05, 3.63) is 29.6 Å². The number of rotatable bonds is 7. The molecule has 1 heterocycles. The molecule has 0 aromatic carbocycles. The molecule has 1 aromatic rings. The van der Waals surface area contributed by atoms with Crippen molar-refractivity contribution >= 4 is 5.91 Å². The van der Waals surface area contributed by atoms with Gasteiger partial charge in [0.2, 0.25) is 0 Å². The number of carbonyl (C=O) groups is 1. The Morgan fingerprint density at radius 3 is 2.81 bits per heavy atom.